The van der Waals surface area contributed by atoms with E-state index in [1.165, 1.54) is 17.5 Å². The number of hydrogen-bond donors (Lipinski definition) is 1. The van der Waals surface area contributed by atoms with E-state index in [0.29, 0.717) is 6.04 Å². The highest BCUT2D eigenvalue weighted by molar-refractivity contribution is 5.41. The third-order valence-electron chi connectivity index (χ3n) is 4.06. The Bertz CT molecular complexity index is 464. The highest BCUT2D eigenvalue weighted by Gasteiger charge is 2.40. The van der Waals surface area contributed by atoms with Gasteiger partial charge in [-0.1, -0.05) is 60.7 Å². The predicted octanol–water partition coefficient (Wildman–Crippen LogP) is 3.35. The molecule has 0 aromatic heterocycles. The van der Waals surface area contributed by atoms with Crippen LogP contribution in [0.2, 0.25) is 0 Å². The fraction of sp³-hybridized carbons (Fsp3) is 0.294. The van der Waals surface area contributed by atoms with Crippen molar-refractivity contribution in [1.29, 1.82) is 0 Å². The average molecular weight is 237 g/mol. The van der Waals surface area contributed by atoms with Gasteiger partial charge in [0.2, 0.25) is 0 Å². The molecule has 1 fully saturated rings. The molecule has 1 saturated heterocycles. The van der Waals surface area contributed by atoms with E-state index >= 15 is 0 Å². The maximum Gasteiger partial charge on any atom is 0.0342 e. The zero-order chi connectivity index (χ0) is 12.4. The van der Waals surface area contributed by atoms with Gasteiger partial charge in [0.05, 0.1) is 0 Å². The maximum absolute atomic E-state index is 3.61. The van der Waals surface area contributed by atoms with E-state index in [-0.39, 0.29) is 5.41 Å². The summed E-state index contributed by atoms with van der Waals surface area (Å²) in [6, 6.07) is 22.4. The van der Waals surface area contributed by atoms with Gasteiger partial charge < -0.3 is 5.32 Å². The van der Waals surface area contributed by atoms with Crippen LogP contribution in [0, 0.1) is 0 Å². The lowest BCUT2D eigenvalue weighted by Gasteiger charge is -2.30. The minimum Gasteiger partial charge on any atom is -0.313 e. The lowest BCUT2D eigenvalue weighted by Crippen LogP contribution is -2.30. The second-order valence-electron chi connectivity index (χ2n) is 5.30. The van der Waals surface area contributed by atoms with Crippen molar-refractivity contribution in [3.05, 3.63) is 71.8 Å². The molecule has 1 aliphatic heterocycles. The molecule has 3 rings (SSSR count). The van der Waals surface area contributed by atoms with Crippen molar-refractivity contribution < 1.29 is 0 Å². The molecule has 0 spiro atoms. The number of nitrogens with one attached hydrogen (secondary N) is 1. The zero-order valence-corrected chi connectivity index (χ0v) is 10.8. The van der Waals surface area contributed by atoms with Gasteiger partial charge in [-0.2, -0.15) is 0 Å². The average Bonchev–Trinajstić information content (AvgIpc) is 2.84. The van der Waals surface area contributed by atoms with Crippen LogP contribution in [0.25, 0.3) is 0 Å². The van der Waals surface area contributed by atoms with Gasteiger partial charge >= 0.3 is 0 Å². The van der Waals surface area contributed by atoms with Crippen LogP contribution in [0.15, 0.2) is 60.7 Å². The lowest BCUT2D eigenvalue weighted by atomic mass is 9.73. The van der Waals surface area contributed by atoms with Crippen LogP contribution in [0.5, 0.6) is 0 Å². The molecule has 2 aromatic rings. The van der Waals surface area contributed by atoms with Gasteiger partial charge in [-0.15, -0.1) is 0 Å². The molecule has 1 N–H and O–H groups in total. The van der Waals surface area contributed by atoms with E-state index in [0.717, 1.165) is 6.54 Å². The molecular formula is C17H19N. The van der Waals surface area contributed by atoms with Gasteiger partial charge in [-0.3, -0.25) is 0 Å². The van der Waals surface area contributed by atoms with Gasteiger partial charge in [0, 0.05) is 18.0 Å². The van der Waals surface area contributed by atoms with Gasteiger partial charge in [-0.25, -0.2) is 0 Å². The number of rotatable bonds is 2. The minimum atomic E-state index is 0.141. The summed E-state index contributed by atoms with van der Waals surface area (Å²) in [6.07, 6.45) is 1.17. The SMILES string of the molecule is C[C@@H]1CC(c2ccccc2)(c2ccccc2)CN1. The van der Waals surface area contributed by atoms with E-state index in [1.807, 2.05) is 0 Å². The van der Waals surface area contributed by atoms with Crippen molar-refractivity contribution >= 4 is 0 Å². The van der Waals surface area contributed by atoms with E-state index in [1.54, 1.807) is 0 Å². The summed E-state index contributed by atoms with van der Waals surface area (Å²) in [7, 11) is 0. The first kappa shape index (κ1) is 11.5. The summed E-state index contributed by atoms with van der Waals surface area (Å²) < 4.78 is 0. The molecule has 0 aliphatic carbocycles. The van der Waals surface area contributed by atoms with Crippen molar-refractivity contribution in [3.8, 4) is 0 Å². The van der Waals surface area contributed by atoms with Crippen molar-refractivity contribution in [1.82, 2.24) is 5.32 Å². The Hall–Kier alpha value is -1.60. The molecule has 18 heavy (non-hydrogen) atoms. The van der Waals surface area contributed by atoms with Crippen LogP contribution >= 0.6 is 0 Å². The van der Waals surface area contributed by atoms with E-state index in [4.69, 9.17) is 0 Å². The molecule has 1 heterocycles. The molecule has 0 unspecified atom stereocenters. The molecule has 0 bridgehead atoms. The lowest BCUT2D eigenvalue weighted by molar-refractivity contribution is 0.555. The van der Waals surface area contributed by atoms with E-state index in [9.17, 15) is 0 Å². The molecule has 1 aliphatic rings. The number of hydrogen-bond acceptors (Lipinski definition) is 1. The highest BCUT2D eigenvalue weighted by Crippen LogP contribution is 2.39. The molecule has 1 heteroatoms. The Morgan fingerprint density at radius 3 is 1.78 bits per heavy atom. The van der Waals surface area contributed by atoms with Crippen molar-refractivity contribution in [2.24, 2.45) is 0 Å². The normalized spacial score (nSPS) is 21.9. The van der Waals surface area contributed by atoms with Crippen LogP contribution in [0.4, 0.5) is 0 Å². The first-order valence-electron chi connectivity index (χ1n) is 6.66. The smallest absolute Gasteiger partial charge is 0.0342 e. The van der Waals surface area contributed by atoms with Gasteiger partial charge in [0.15, 0.2) is 0 Å². The van der Waals surface area contributed by atoms with E-state index in [2.05, 4.69) is 72.9 Å². The van der Waals surface area contributed by atoms with Crippen LogP contribution in [0.1, 0.15) is 24.5 Å². The van der Waals surface area contributed by atoms with Gasteiger partial charge in [-0.05, 0) is 24.5 Å². The summed E-state index contributed by atoms with van der Waals surface area (Å²) in [6.45, 7) is 3.30. The first-order valence-corrected chi connectivity index (χ1v) is 6.66. The summed E-state index contributed by atoms with van der Waals surface area (Å²) in [5.74, 6) is 0. The van der Waals surface area contributed by atoms with Crippen molar-refractivity contribution in [2.75, 3.05) is 6.54 Å². The quantitative estimate of drug-likeness (QED) is 0.844. The zero-order valence-electron chi connectivity index (χ0n) is 10.8. The Morgan fingerprint density at radius 1 is 0.889 bits per heavy atom. The molecule has 0 saturated carbocycles. The molecular weight excluding hydrogens is 218 g/mol. The topological polar surface area (TPSA) is 12.0 Å². The van der Waals surface area contributed by atoms with Crippen LogP contribution < -0.4 is 5.32 Å². The van der Waals surface area contributed by atoms with Gasteiger partial charge in [0.25, 0.3) is 0 Å². The summed E-state index contributed by atoms with van der Waals surface area (Å²) in [5, 5.41) is 3.61. The number of benzene rings is 2. The Balaban J connectivity index is 2.11. The molecule has 1 nitrogen and oxygen atoms in total. The van der Waals surface area contributed by atoms with Gasteiger partial charge in [0.1, 0.15) is 0 Å². The van der Waals surface area contributed by atoms with Crippen LogP contribution in [-0.2, 0) is 5.41 Å². The fourth-order valence-electron chi connectivity index (χ4n) is 3.14. The summed E-state index contributed by atoms with van der Waals surface area (Å²) in [4.78, 5) is 0. The first-order chi connectivity index (χ1) is 8.81. The highest BCUT2D eigenvalue weighted by atomic mass is 15.0. The second-order valence-corrected chi connectivity index (χ2v) is 5.30. The second kappa shape index (κ2) is 4.58. The van der Waals surface area contributed by atoms with Crippen molar-refractivity contribution in [3.63, 3.8) is 0 Å². The Morgan fingerprint density at radius 2 is 1.39 bits per heavy atom. The molecule has 92 valence electrons. The summed E-state index contributed by atoms with van der Waals surface area (Å²) >= 11 is 0. The molecule has 1 atom stereocenters. The third-order valence-corrected chi connectivity index (χ3v) is 4.06. The molecule has 0 amide bonds. The standard InChI is InChI=1S/C17H19N/c1-14-12-17(13-18-14,15-8-4-2-5-9-15)16-10-6-3-7-11-16/h2-11,14,18H,12-13H2,1H3/t14-/m1/s1. The summed E-state index contributed by atoms with van der Waals surface area (Å²) in [5.41, 5.74) is 2.99. The monoisotopic (exact) mass is 237 g/mol. The third kappa shape index (κ3) is 1.85. The predicted molar refractivity (Wildman–Crippen MR) is 75.7 cm³/mol. The molecule has 2 aromatic carbocycles. The molecule has 0 radical (unpaired) electrons. The maximum atomic E-state index is 3.61. The fourth-order valence-corrected chi connectivity index (χ4v) is 3.14. The minimum absolute atomic E-state index is 0.141. The van der Waals surface area contributed by atoms with Crippen LogP contribution in [0.3, 0.4) is 0 Å². The Labute approximate surface area is 109 Å². The largest absolute Gasteiger partial charge is 0.313 e. The Kier molecular flexibility index (Phi) is 2.92. The van der Waals surface area contributed by atoms with Crippen molar-refractivity contribution in [2.45, 2.75) is 24.8 Å². The van der Waals surface area contributed by atoms with E-state index < -0.39 is 0 Å². The van der Waals surface area contributed by atoms with Crippen LogP contribution in [-0.4, -0.2) is 12.6 Å².